The van der Waals surface area contributed by atoms with E-state index in [1.54, 1.807) is 23.2 Å². The molecule has 3 aromatic carbocycles. The van der Waals surface area contributed by atoms with E-state index in [2.05, 4.69) is 32.3 Å². The third-order valence-electron chi connectivity index (χ3n) is 8.79. The quantitative estimate of drug-likeness (QED) is 0.160. The molecule has 5 aromatic rings. The lowest BCUT2D eigenvalue weighted by molar-refractivity contribution is -0.140. The topological polar surface area (TPSA) is 119 Å². The lowest BCUT2D eigenvalue weighted by Gasteiger charge is -2.37. The largest absolute Gasteiger partial charge is 0.481 e. The number of fused-ring (bicyclic) bond motifs is 1. The van der Waals surface area contributed by atoms with Gasteiger partial charge in [0.1, 0.15) is 28.3 Å². The maximum atomic E-state index is 14.3. The van der Waals surface area contributed by atoms with Crippen molar-refractivity contribution >= 4 is 55.0 Å². The summed E-state index contributed by atoms with van der Waals surface area (Å²) in [5, 5.41) is 9.04. The van der Waals surface area contributed by atoms with Gasteiger partial charge in [0.25, 0.3) is 5.91 Å². The third kappa shape index (κ3) is 5.95. The maximum Gasteiger partial charge on any atom is 0.263 e. The second kappa shape index (κ2) is 12.6. The number of nitrogens with zero attached hydrogens (tertiary/aromatic N) is 6. The zero-order valence-electron chi connectivity index (χ0n) is 25.3. The normalized spacial score (nSPS) is 17.9. The molecule has 7 rings (SSSR count). The van der Waals surface area contributed by atoms with E-state index in [9.17, 15) is 18.4 Å². The molecule has 14 heteroatoms. The minimum absolute atomic E-state index is 0.0175. The van der Waals surface area contributed by atoms with Crippen molar-refractivity contribution in [2.45, 2.75) is 44.4 Å². The van der Waals surface area contributed by atoms with Gasteiger partial charge in [-0.25, -0.2) is 18.4 Å². The number of ether oxygens (including phenoxy) is 1. The number of halogens is 3. The summed E-state index contributed by atoms with van der Waals surface area (Å²) in [5.74, 6) is -1.32. The molecule has 2 fully saturated rings. The number of likely N-dealkylation sites (tertiary alicyclic amines) is 2. The Balaban J connectivity index is 0.929. The average molecular weight is 723 g/mol. The number of benzene rings is 3. The predicted octanol–water partition coefficient (Wildman–Crippen LogP) is 6.08. The van der Waals surface area contributed by atoms with E-state index in [-0.39, 0.29) is 39.3 Å². The molecular weight excluding hydrogens is 692 g/mol. The van der Waals surface area contributed by atoms with Crippen LogP contribution in [-0.4, -0.2) is 73.4 Å². The van der Waals surface area contributed by atoms with Crippen molar-refractivity contribution in [1.29, 1.82) is 0 Å². The molecule has 10 nitrogen and oxygen atoms in total. The molecule has 0 spiro atoms. The minimum atomic E-state index is -0.918. The molecule has 47 heavy (non-hydrogen) atoms. The van der Waals surface area contributed by atoms with Crippen molar-refractivity contribution in [3.05, 3.63) is 76.9 Å². The molecule has 2 amide bonds. The number of rotatable bonds is 7. The number of carbonyl (C=O) groups excluding carboxylic acids is 2. The summed E-state index contributed by atoms with van der Waals surface area (Å²) in [5.41, 5.74) is 7.79. The maximum absolute atomic E-state index is 14.3. The Morgan fingerprint density at radius 3 is 2.57 bits per heavy atom. The fraction of sp³-hybridized carbons (Fsp3) is 0.303. The van der Waals surface area contributed by atoms with Crippen LogP contribution in [0.15, 0.2) is 65.3 Å². The lowest BCUT2D eigenvalue weighted by Crippen LogP contribution is -2.50. The number of aromatic nitrogens is 4. The lowest BCUT2D eigenvalue weighted by atomic mass is 10.0. The Labute approximate surface area is 281 Å². The van der Waals surface area contributed by atoms with Crippen LogP contribution in [0.3, 0.4) is 0 Å². The van der Waals surface area contributed by atoms with Crippen LogP contribution in [0.1, 0.15) is 32.2 Å². The number of piperidine rings is 1. The van der Waals surface area contributed by atoms with Gasteiger partial charge in [-0.1, -0.05) is 17.3 Å². The number of para-hydroxylation sites is 1. The van der Waals surface area contributed by atoms with Gasteiger partial charge in [0.05, 0.1) is 26.6 Å². The number of nitrogen functional groups attached to an aromatic ring is 1. The monoisotopic (exact) mass is 721 g/mol. The Kier molecular flexibility index (Phi) is 8.39. The standard InChI is InChI=1S/C33H30BrF2N7O3S/c1-18(46-21-8-6-19(7-9-21)31-38-24-4-2-3-5-27(24)47-31)32(44)41-13-10-20(11-14-41)42-15-12-26(33(42)45)43-17-25(39-40-43)22-16-23(35)28(34)29(36)30(22)37/h2-9,16-18,20,26H,10-15,37H2,1H3. The molecule has 2 N–H and O–H groups in total. The van der Waals surface area contributed by atoms with E-state index in [0.717, 1.165) is 26.9 Å². The number of hydrogen-bond acceptors (Lipinski definition) is 8. The van der Waals surface area contributed by atoms with Crippen LogP contribution < -0.4 is 10.5 Å². The zero-order chi connectivity index (χ0) is 32.8. The number of nitrogens with two attached hydrogens (primary N) is 1. The van der Waals surface area contributed by atoms with Gasteiger partial charge in [-0.3, -0.25) is 9.59 Å². The molecule has 2 atom stereocenters. The number of hydrogen-bond donors (Lipinski definition) is 1. The van der Waals surface area contributed by atoms with Crippen LogP contribution in [0.5, 0.6) is 5.75 Å². The van der Waals surface area contributed by atoms with Gasteiger partial charge < -0.3 is 20.3 Å². The summed E-state index contributed by atoms with van der Waals surface area (Å²) in [6.45, 7) is 3.31. The van der Waals surface area contributed by atoms with Gasteiger partial charge >= 0.3 is 0 Å². The smallest absolute Gasteiger partial charge is 0.263 e. The molecule has 2 aliphatic rings. The number of carbonyl (C=O) groups is 2. The second-order valence-electron chi connectivity index (χ2n) is 11.7. The van der Waals surface area contributed by atoms with Gasteiger partial charge in [0, 0.05) is 36.8 Å². The molecule has 2 aromatic heterocycles. The molecule has 0 saturated carbocycles. The van der Waals surface area contributed by atoms with Gasteiger partial charge in [-0.15, -0.1) is 16.4 Å². The number of amides is 2. The van der Waals surface area contributed by atoms with E-state index in [0.29, 0.717) is 44.6 Å². The number of thiazole rings is 1. The van der Waals surface area contributed by atoms with Crippen LogP contribution in [-0.2, 0) is 9.59 Å². The molecule has 242 valence electrons. The fourth-order valence-corrected chi connectivity index (χ4v) is 7.55. The summed E-state index contributed by atoms with van der Waals surface area (Å²) >= 11 is 4.47. The number of anilines is 1. The van der Waals surface area contributed by atoms with Crippen molar-refractivity contribution in [3.8, 4) is 27.6 Å². The summed E-state index contributed by atoms with van der Waals surface area (Å²) in [7, 11) is 0. The highest BCUT2D eigenvalue weighted by Gasteiger charge is 2.39. The molecule has 0 bridgehead atoms. The highest BCUT2D eigenvalue weighted by atomic mass is 79.9. The highest BCUT2D eigenvalue weighted by Crippen LogP contribution is 2.35. The van der Waals surface area contributed by atoms with E-state index in [1.807, 2.05) is 47.4 Å². The van der Waals surface area contributed by atoms with Crippen LogP contribution in [0, 0.1) is 11.6 Å². The Morgan fingerprint density at radius 1 is 1.09 bits per heavy atom. The van der Waals surface area contributed by atoms with Crippen molar-refractivity contribution in [1.82, 2.24) is 29.8 Å². The first kappa shape index (κ1) is 31.2. The van der Waals surface area contributed by atoms with Crippen LogP contribution >= 0.6 is 27.3 Å². The van der Waals surface area contributed by atoms with Crippen LogP contribution in [0.2, 0.25) is 0 Å². The van der Waals surface area contributed by atoms with Crippen molar-refractivity contribution in [3.63, 3.8) is 0 Å². The van der Waals surface area contributed by atoms with Crippen LogP contribution in [0.25, 0.3) is 32.0 Å². The van der Waals surface area contributed by atoms with Gasteiger partial charge in [0.2, 0.25) is 5.91 Å². The Bertz CT molecular complexity index is 1940. The Hall–Kier alpha value is -4.43. The summed E-state index contributed by atoms with van der Waals surface area (Å²) < 4.78 is 36.7. The molecule has 0 radical (unpaired) electrons. The molecule has 2 saturated heterocycles. The highest BCUT2D eigenvalue weighted by molar-refractivity contribution is 9.10. The molecule has 2 aliphatic heterocycles. The van der Waals surface area contributed by atoms with E-state index in [4.69, 9.17) is 15.5 Å². The molecule has 4 heterocycles. The molecule has 0 aliphatic carbocycles. The first-order valence-corrected chi connectivity index (χ1v) is 16.9. The van der Waals surface area contributed by atoms with Gasteiger partial charge in [-0.2, -0.15) is 0 Å². The minimum Gasteiger partial charge on any atom is -0.481 e. The molecular formula is C33H30BrF2N7O3S. The molecule has 2 unspecified atom stereocenters. The first-order chi connectivity index (χ1) is 22.7. The van der Waals surface area contributed by atoms with Crippen molar-refractivity contribution in [2.24, 2.45) is 0 Å². The van der Waals surface area contributed by atoms with E-state index in [1.165, 1.54) is 10.9 Å². The van der Waals surface area contributed by atoms with E-state index >= 15 is 0 Å². The van der Waals surface area contributed by atoms with E-state index < -0.39 is 23.8 Å². The third-order valence-corrected chi connectivity index (χ3v) is 10.6. The van der Waals surface area contributed by atoms with Crippen molar-refractivity contribution in [2.75, 3.05) is 25.4 Å². The Morgan fingerprint density at radius 2 is 1.83 bits per heavy atom. The van der Waals surface area contributed by atoms with Gasteiger partial charge in [-0.05, 0) is 84.6 Å². The first-order valence-electron chi connectivity index (χ1n) is 15.2. The summed E-state index contributed by atoms with van der Waals surface area (Å²) in [6, 6.07) is 16.1. The van der Waals surface area contributed by atoms with Crippen molar-refractivity contribution < 1.29 is 23.1 Å². The zero-order valence-corrected chi connectivity index (χ0v) is 27.7. The summed E-state index contributed by atoms with van der Waals surface area (Å²) in [6.07, 6.45) is 2.62. The fourth-order valence-electron chi connectivity index (χ4n) is 6.25. The average Bonchev–Trinajstić information content (AvgIpc) is 3.84. The second-order valence-corrected chi connectivity index (χ2v) is 13.5. The van der Waals surface area contributed by atoms with Crippen LogP contribution in [0.4, 0.5) is 14.5 Å². The summed E-state index contributed by atoms with van der Waals surface area (Å²) in [4.78, 5) is 35.0. The van der Waals surface area contributed by atoms with Gasteiger partial charge in [0.15, 0.2) is 11.9 Å². The SMILES string of the molecule is CC(Oc1ccc(-c2nc3ccccc3s2)cc1)C(=O)N1CCC(N2CCC(n3cc(-c4cc(F)c(Br)c(F)c4N)nn3)C2=O)CC1. The predicted molar refractivity (Wildman–Crippen MR) is 178 cm³/mol.